The Bertz CT molecular complexity index is 741. The zero-order chi connectivity index (χ0) is 19.5. The highest BCUT2D eigenvalue weighted by molar-refractivity contribution is 5.83. The van der Waals surface area contributed by atoms with Crippen molar-refractivity contribution in [2.24, 2.45) is 5.10 Å². The number of ether oxygens (including phenoxy) is 2. The summed E-state index contributed by atoms with van der Waals surface area (Å²) in [5, 5.41) is 3.98. The molecule has 0 fully saturated rings. The molecular formula is C21H27N3O3. The highest BCUT2D eigenvalue weighted by atomic mass is 16.5. The van der Waals surface area contributed by atoms with Crippen molar-refractivity contribution in [3.05, 3.63) is 54.1 Å². The molecule has 144 valence electrons. The van der Waals surface area contributed by atoms with Crippen LogP contribution in [0.5, 0.6) is 11.5 Å². The van der Waals surface area contributed by atoms with Crippen LogP contribution in [0.1, 0.15) is 26.3 Å². The van der Waals surface area contributed by atoms with Crippen molar-refractivity contribution in [2.75, 3.05) is 31.2 Å². The number of carbonyl (C=O) groups is 1. The maximum absolute atomic E-state index is 11.9. The van der Waals surface area contributed by atoms with E-state index in [2.05, 4.69) is 29.3 Å². The average molecular weight is 369 g/mol. The van der Waals surface area contributed by atoms with Crippen molar-refractivity contribution in [2.45, 2.75) is 20.8 Å². The number of nitrogens with one attached hydrogen (secondary N) is 1. The molecule has 0 saturated carbocycles. The van der Waals surface area contributed by atoms with Crippen LogP contribution < -0.4 is 19.8 Å². The Morgan fingerprint density at radius 1 is 1.00 bits per heavy atom. The fraction of sp³-hybridized carbons (Fsp3) is 0.333. The van der Waals surface area contributed by atoms with Crippen molar-refractivity contribution >= 4 is 17.8 Å². The second kappa shape index (κ2) is 10.9. The number of hydrogen-bond acceptors (Lipinski definition) is 5. The number of nitrogens with zero attached hydrogens (tertiary/aromatic N) is 2. The third-order valence-electron chi connectivity index (χ3n) is 3.93. The fourth-order valence-corrected chi connectivity index (χ4v) is 2.56. The molecule has 1 N–H and O–H groups in total. The molecule has 0 unspecified atom stereocenters. The van der Waals surface area contributed by atoms with E-state index in [-0.39, 0.29) is 12.5 Å². The lowest BCUT2D eigenvalue weighted by Gasteiger charge is -2.20. The molecule has 0 spiro atoms. The third kappa shape index (κ3) is 6.33. The van der Waals surface area contributed by atoms with Gasteiger partial charge in [0.25, 0.3) is 5.91 Å². The zero-order valence-corrected chi connectivity index (χ0v) is 16.1. The van der Waals surface area contributed by atoms with Gasteiger partial charge in [0.15, 0.2) is 18.1 Å². The van der Waals surface area contributed by atoms with Crippen LogP contribution in [-0.2, 0) is 4.79 Å². The third-order valence-corrected chi connectivity index (χ3v) is 3.93. The van der Waals surface area contributed by atoms with Gasteiger partial charge >= 0.3 is 0 Å². The Morgan fingerprint density at radius 3 is 2.22 bits per heavy atom. The highest BCUT2D eigenvalue weighted by Crippen LogP contribution is 2.26. The largest absolute Gasteiger partial charge is 0.490 e. The lowest BCUT2D eigenvalue weighted by molar-refractivity contribution is -0.123. The van der Waals surface area contributed by atoms with Gasteiger partial charge < -0.3 is 14.4 Å². The fourth-order valence-electron chi connectivity index (χ4n) is 2.56. The van der Waals surface area contributed by atoms with E-state index in [4.69, 9.17) is 9.47 Å². The van der Waals surface area contributed by atoms with E-state index in [0.717, 1.165) is 18.7 Å². The van der Waals surface area contributed by atoms with Crippen molar-refractivity contribution in [3.63, 3.8) is 0 Å². The molecule has 0 aliphatic heterocycles. The first kappa shape index (κ1) is 20.3. The van der Waals surface area contributed by atoms with Gasteiger partial charge in [-0.15, -0.1) is 0 Å². The predicted octanol–water partition coefficient (Wildman–Crippen LogP) is 3.46. The number of hydrogen-bond donors (Lipinski definition) is 1. The SMILES string of the molecule is CCOc1ccccc1OCC(=O)N/N=C\c1ccc(N(CC)CC)cc1. The van der Waals surface area contributed by atoms with Crippen LogP contribution in [0.25, 0.3) is 0 Å². The minimum absolute atomic E-state index is 0.137. The number of benzene rings is 2. The summed E-state index contributed by atoms with van der Waals surface area (Å²) in [5.74, 6) is 0.812. The second-order valence-electron chi connectivity index (χ2n) is 5.73. The number of amides is 1. The van der Waals surface area contributed by atoms with E-state index >= 15 is 0 Å². The summed E-state index contributed by atoms with van der Waals surface area (Å²) in [6, 6.07) is 15.3. The van der Waals surface area contributed by atoms with Gasteiger partial charge in [-0.05, 0) is 50.6 Å². The average Bonchev–Trinajstić information content (AvgIpc) is 2.69. The Balaban J connectivity index is 1.83. The summed E-state index contributed by atoms with van der Waals surface area (Å²) >= 11 is 0. The maximum Gasteiger partial charge on any atom is 0.277 e. The van der Waals surface area contributed by atoms with E-state index in [0.29, 0.717) is 18.1 Å². The van der Waals surface area contributed by atoms with E-state index in [1.165, 1.54) is 5.69 Å². The van der Waals surface area contributed by atoms with E-state index in [1.54, 1.807) is 18.3 Å². The van der Waals surface area contributed by atoms with Gasteiger partial charge in [-0.2, -0.15) is 5.10 Å². The van der Waals surface area contributed by atoms with Crippen LogP contribution in [0, 0.1) is 0 Å². The molecule has 0 aliphatic carbocycles. The van der Waals surface area contributed by atoms with Crippen LogP contribution in [0.15, 0.2) is 53.6 Å². The van der Waals surface area contributed by atoms with Crippen molar-refractivity contribution in [1.29, 1.82) is 0 Å². The molecule has 27 heavy (non-hydrogen) atoms. The zero-order valence-electron chi connectivity index (χ0n) is 16.1. The van der Waals surface area contributed by atoms with E-state index < -0.39 is 0 Å². The standard InChI is InChI=1S/C21H27N3O3/c1-4-24(5-2)18-13-11-17(12-14-18)15-22-23-21(25)16-27-20-10-8-7-9-19(20)26-6-3/h7-15H,4-6,16H2,1-3H3,(H,23,25)/b22-15-. The molecule has 0 bridgehead atoms. The molecule has 0 saturated heterocycles. The summed E-state index contributed by atoms with van der Waals surface area (Å²) in [4.78, 5) is 14.2. The molecule has 2 aromatic carbocycles. The number of para-hydroxylation sites is 2. The van der Waals surface area contributed by atoms with Gasteiger partial charge in [-0.25, -0.2) is 5.43 Å². The Morgan fingerprint density at radius 2 is 1.63 bits per heavy atom. The summed E-state index contributed by atoms with van der Waals surface area (Å²) in [6.07, 6.45) is 1.61. The highest BCUT2D eigenvalue weighted by Gasteiger charge is 2.06. The first-order valence-electron chi connectivity index (χ1n) is 9.19. The lowest BCUT2D eigenvalue weighted by Crippen LogP contribution is -2.24. The predicted molar refractivity (Wildman–Crippen MR) is 109 cm³/mol. The topological polar surface area (TPSA) is 63.2 Å². The van der Waals surface area contributed by atoms with Gasteiger partial charge in [-0.1, -0.05) is 24.3 Å². The normalized spacial score (nSPS) is 10.6. The second-order valence-corrected chi connectivity index (χ2v) is 5.73. The van der Waals surface area contributed by atoms with Crippen molar-refractivity contribution in [3.8, 4) is 11.5 Å². The quantitative estimate of drug-likeness (QED) is 0.515. The molecule has 0 atom stereocenters. The number of anilines is 1. The Hall–Kier alpha value is -3.02. The first-order valence-corrected chi connectivity index (χ1v) is 9.19. The molecule has 1 amide bonds. The smallest absolute Gasteiger partial charge is 0.277 e. The molecule has 2 rings (SSSR count). The van der Waals surface area contributed by atoms with Crippen LogP contribution in [-0.4, -0.2) is 38.4 Å². The molecule has 0 aliphatic rings. The van der Waals surface area contributed by atoms with Crippen molar-refractivity contribution in [1.82, 2.24) is 5.43 Å². The monoisotopic (exact) mass is 369 g/mol. The summed E-state index contributed by atoms with van der Waals surface area (Å²) < 4.78 is 11.0. The van der Waals surface area contributed by atoms with Gasteiger partial charge in [0.2, 0.25) is 0 Å². The number of carbonyl (C=O) groups excluding carboxylic acids is 1. The molecular weight excluding hydrogens is 342 g/mol. The number of hydrazone groups is 1. The molecule has 0 heterocycles. The van der Waals surface area contributed by atoms with Crippen LogP contribution >= 0.6 is 0 Å². The van der Waals surface area contributed by atoms with Crippen molar-refractivity contribution < 1.29 is 14.3 Å². The minimum atomic E-state index is -0.336. The molecule has 6 heteroatoms. The van der Waals surface area contributed by atoms with Gasteiger partial charge in [-0.3, -0.25) is 4.79 Å². The van der Waals surface area contributed by atoms with E-state index in [9.17, 15) is 4.79 Å². The first-order chi connectivity index (χ1) is 13.2. The van der Waals surface area contributed by atoms with Crippen LogP contribution in [0.4, 0.5) is 5.69 Å². The van der Waals surface area contributed by atoms with Crippen LogP contribution in [0.3, 0.4) is 0 Å². The van der Waals surface area contributed by atoms with E-state index in [1.807, 2.05) is 43.3 Å². The minimum Gasteiger partial charge on any atom is -0.490 e. The van der Waals surface area contributed by atoms with Gasteiger partial charge in [0, 0.05) is 18.8 Å². The summed E-state index contributed by atoms with van der Waals surface area (Å²) in [5.41, 5.74) is 4.55. The Kier molecular flexibility index (Phi) is 8.16. The maximum atomic E-state index is 11.9. The lowest BCUT2D eigenvalue weighted by atomic mass is 10.2. The number of rotatable bonds is 10. The Labute approximate surface area is 160 Å². The molecule has 2 aromatic rings. The van der Waals surface area contributed by atoms with Gasteiger partial charge in [0.05, 0.1) is 12.8 Å². The summed E-state index contributed by atoms with van der Waals surface area (Å²) in [6.45, 7) is 8.48. The summed E-state index contributed by atoms with van der Waals surface area (Å²) in [7, 11) is 0. The molecule has 0 radical (unpaired) electrons. The molecule has 0 aromatic heterocycles. The molecule has 6 nitrogen and oxygen atoms in total. The van der Waals surface area contributed by atoms with Crippen LogP contribution in [0.2, 0.25) is 0 Å². The van der Waals surface area contributed by atoms with Gasteiger partial charge in [0.1, 0.15) is 0 Å².